The van der Waals surface area contributed by atoms with E-state index in [-0.39, 0.29) is 34.5 Å². The van der Waals surface area contributed by atoms with Gasteiger partial charge in [0.15, 0.2) is 5.82 Å². The van der Waals surface area contributed by atoms with Gasteiger partial charge in [0.05, 0.1) is 10.9 Å². The number of aromatic carboxylic acids is 1. The van der Waals surface area contributed by atoms with E-state index in [9.17, 15) is 14.7 Å². The number of pyridine rings is 1. The molecule has 1 aliphatic heterocycles. The first kappa shape index (κ1) is 19.8. The maximum absolute atomic E-state index is 15.6. The minimum atomic E-state index is -1.39. The number of hydrogen-bond donors (Lipinski definition) is 2. The summed E-state index contributed by atoms with van der Waals surface area (Å²) < 4.78 is 32.2. The predicted octanol–water partition coefficient (Wildman–Crippen LogP) is 2.99. The molecular formula is C21H25F2N3O3. The fraction of sp³-hybridized carbons (Fsp3) is 0.524. The molecule has 4 rings (SSSR count). The van der Waals surface area contributed by atoms with Gasteiger partial charge in [-0.1, -0.05) is 13.8 Å². The van der Waals surface area contributed by atoms with Crippen LogP contribution in [0.2, 0.25) is 0 Å². The number of fused-ring (bicyclic) bond motifs is 1. The molecule has 0 radical (unpaired) electrons. The number of carboxylic acids is 1. The second-order valence-corrected chi connectivity index (χ2v) is 8.18. The Morgan fingerprint density at radius 3 is 2.66 bits per heavy atom. The van der Waals surface area contributed by atoms with Gasteiger partial charge in [0.25, 0.3) is 0 Å². The third kappa shape index (κ3) is 3.39. The van der Waals surface area contributed by atoms with Gasteiger partial charge in [-0.2, -0.15) is 0 Å². The van der Waals surface area contributed by atoms with E-state index in [1.807, 2.05) is 6.92 Å². The Labute approximate surface area is 167 Å². The van der Waals surface area contributed by atoms with E-state index in [0.717, 1.165) is 32.0 Å². The van der Waals surface area contributed by atoms with E-state index in [4.69, 9.17) is 0 Å². The SMILES string of the molecule is CCNCC1CN(c2c(F)cc3c(=O)c(C(=O)O)cn(C4CC4)c3c2F)CC1C. The van der Waals surface area contributed by atoms with Gasteiger partial charge in [-0.15, -0.1) is 0 Å². The smallest absolute Gasteiger partial charge is 0.341 e. The molecule has 1 aromatic heterocycles. The monoisotopic (exact) mass is 405 g/mol. The van der Waals surface area contributed by atoms with Crippen molar-refractivity contribution in [2.45, 2.75) is 32.7 Å². The third-order valence-corrected chi connectivity index (χ3v) is 6.10. The van der Waals surface area contributed by atoms with Crippen LogP contribution in [0.4, 0.5) is 14.5 Å². The fourth-order valence-electron chi connectivity index (χ4n) is 4.33. The first-order valence-electron chi connectivity index (χ1n) is 10.1. The highest BCUT2D eigenvalue weighted by molar-refractivity contribution is 5.94. The Bertz CT molecular complexity index is 1030. The van der Waals surface area contributed by atoms with Gasteiger partial charge < -0.3 is 19.9 Å². The van der Waals surface area contributed by atoms with Gasteiger partial charge >= 0.3 is 5.97 Å². The van der Waals surface area contributed by atoms with Crippen LogP contribution < -0.4 is 15.6 Å². The number of rotatable bonds is 6. The molecule has 2 atom stereocenters. The Balaban J connectivity index is 1.85. The van der Waals surface area contributed by atoms with Crippen LogP contribution in [0.25, 0.3) is 10.9 Å². The van der Waals surface area contributed by atoms with Crippen LogP contribution in [0.1, 0.15) is 43.1 Å². The maximum atomic E-state index is 15.6. The van der Waals surface area contributed by atoms with Crippen molar-refractivity contribution in [3.05, 3.63) is 39.7 Å². The number of benzene rings is 1. The van der Waals surface area contributed by atoms with Gasteiger partial charge in [0.1, 0.15) is 17.1 Å². The number of carboxylic acid groups (broad SMARTS) is 1. The molecule has 2 aromatic rings. The van der Waals surface area contributed by atoms with Gasteiger partial charge in [-0.05, 0) is 43.8 Å². The van der Waals surface area contributed by atoms with E-state index in [1.54, 1.807) is 4.90 Å². The van der Waals surface area contributed by atoms with Crippen molar-refractivity contribution in [1.29, 1.82) is 0 Å². The summed E-state index contributed by atoms with van der Waals surface area (Å²) in [5, 5.41) is 12.4. The lowest BCUT2D eigenvalue weighted by Gasteiger charge is -2.22. The lowest BCUT2D eigenvalue weighted by molar-refractivity contribution is 0.0695. The summed E-state index contributed by atoms with van der Waals surface area (Å²) in [4.78, 5) is 25.7. The first-order chi connectivity index (χ1) is 13.8. The molecule has 2 aliphatic rings. The van der Waals surface area contributed by atoms with E-state index in [1.165, 1.54) is 10.8 Å². The molecule has 2 N–H and O–H groups in total. The van der Waals surface area contributed by atoms with Crippen molar-refractivity contribution in [2.75, 3.05) is 31.1 Å². The molecule has 1 saturated heterocycles. The Morgan fingerprint density at radius 2 is 2.03 bits per heavy atom. The summed E-state index contributed by atoms with van der Waals surface area (Å²) in [6, 6.07) is 0.937. The third-order valence-electron chi connectivity index (χ3n) is 6.10. The summed E-state index contributed by atoms with van der Waals surface area (Å²) in [7, 11) is 0. The molecule has 0 bridgehead atoms. The summed E-state index contributed by atoms with van der Waals surface area (Å²) in [6.45, 7) is 6.74. The lowest BCUT2D eigenvalue weighted by Crippen LogP contribution is -2.28. The summed E-state index contributed by atoms with van der Waals surface area (Å²) in [5.74, 6) is -2.46. The molecule has 2 fully saturated rings. The average Bonchev–Trinajstić information content (AvgIpc) is 3.44. The zero-order valence-corrected chi connectivity index (χ0v) is 16.5. The van der Waals surface area contributed by atoms with E-state index in [0.29, 0.717) is 13.1 Å². The number of nitrogens with zero attached hydrogens (tertiary/aromatic N) is 2. The van der Waals surface area contributed by atoms with E-state index in [2.05, 4.69) is 12.2 Å². The number of hydrogen-bond acceptors (Lipinski definition) is 4. The van der Waals surface area contributed by atoms with Gasteiger partial charge in [0.2, 0.25) is 5.43 Å². The fourth-order valence-corrected chi connectivity index (χ4v) is 4.33. The molecule has 1 aromatic carbocycles. The van der Waals surface area contributed by atoms with Crippen LogP contribution in [0.5, 0.6) is 0 Å². The van der Waals surface area contributed by atoms with Crippen molar-refractivity contribution >= 4 is 22.6 Å². The van der Waals surface area contributed by atoms with Crippen LogP contribution in [0, 0.1) is 23.5 Å². The first-order valence-corrected chi connectivity index (χ1v) is 10.1. The van der Waals surface area contributed by atoms with Gasteiger partial charge in [-0.3, -0.25) is 4.79 Å². The number of carbonyl (C=O) groups is 1. The Kier molecular flexibility index (Phi) is 5.06. The van der Waals surface area contributed by atoms with Gasteiger partial charge in [-0.25, -0.2) is 13.6 Å². The molecule has 1 aliphatic carbocycles. The van der Waals surface area contributed by atoms with Crippen LogP contribution in [0.3, 0.4) is 0 Å². The molecular weight excluding hydrogens is 380 g/mol. The highest BCUT2D eigenvalue weighted by Gasteiger charge is 2.35. The maximum Gasteiger partial charge on any atom is 0.341 e. The van der Waals surface area contributed by atoms with Crippen molar-refractivity contribution in [2.24, 2.45) is 11.8 Å². The normalized spacial score (nSPS) is 21.9. The Morgan fingerprint density at radius 1 is 1.31 bits per heavy atom. The number of anilines is 1. The zero-order valence-electron chi connectivity index (χ0n) is 16.5. The summed E-state index contributed by atoms with van der Waals surface area (Å²) in [6.07, 6.45) is 2.75. The predicted molar refractivity (Wildman–Crippen MR) is 107 cm³/mol. The number of aromatic nitrogens is 1. The number of nitrogens with one attached hydrogen (secondary N) is 1. The molecule has 2 unspecified atom stereocenters. The topological polar surface area (TPSA) is 74.6 Å². The second kappa shape index (κ2) is 7.40. The minimum Gasteiger partial charge on any atom is -0.477 e. The second-order valence-electron chi connectivity index (χ2n) is 8.18. The van der Waals surface area contributed by atoms with Crippen LogP contribution in [-0.2, 0) is 0 Å². The molecule has 29 heavy (non-hydrogen) atoms. The van der Waals surface area contributed by atoms with Gasteiger partial charge in [0, 0.05) is 25.3 Å². The van der Waals surface area contributed by atoms with Crippen LogP contribution >= 0.6 is 0 Å². The highest BCUT2D eigenvalue weighted by atomic mass is 19.1. The lowest BCUT2D eigenvalue weighted by atomic mass is 9.98. The summed E-state index contributed by atoms with van der Waals surface area (Å²) in [5.41, 5.74) is -1.44. The van der Waals surface area contributed by atoms with Crippen LogP contribution in [0.15, 0.2) is 17.1 Å². The van der Waals surface area contributed by atoms with E-state index >= 15 is 8.78 Å². The summed E-state index contributed by atoms with van der Waals surface area (Å²) >= 11 is 0. The van der Waals surface area contributed by atoms with Crippen LogP contribution in [-0.4, -0.2) is 41.8 Å². The molecule has 0 amide bonds. The molecule has 6 nitrogen and oxygen atoms in total. The molecule has 8 heteroatoms. The molecule has 0 spiro atoms. The largest absolute Gasteiger partial charge is 0.477 e. The van der Waals surface area contributed by atoms with Crippen molar-refractivity contribution < 1.29 is 18.7 Å². The Hall–Kier alpha value is -2.48. The van der Waals surface area contributed by atoms with Crippen molar-refractivity contribution in [3.63, 3.8) is 0 Å². The zero-order chi connectivity index (χ0) is 20.9. The minimum absolute atomic E-state index is 0.00156. The standard InChI is InChI=1S/C21H25F2N3O3/c1-3-24-7-12-9-25(8-11(12)2)19-16(22)6-14-18(17(19)23)26(13-4-5-13)10-15(20(14)27)21(28)29/h6,10-13,24H,3-5,7-9H2,1-2H3,(H,28,29). The molecule has 2 heterocycles. The highest BCUT2D eigenvalue weighted by Crippen LogP contribution is 2.40. The average molecular weight is 405 g/mol. The molecule has 1 saturated carbocycles. The van der Waals surface area contributed by atoms with Crippen molar-refractivity contribution in [3.8, 4) is 0 Å². The van der Waals surface area contributed by atoms with Crippen molar-refractivity contribution in [1.82, 2.24) is 9.88 Å². The van der Waals surface area contributed by atoms with E-state index < -0.39 is 28.6 Å². The quantitative estimate of drug-likeness (QED) is 0.773. The number of halogens is 2. The molecule has 156 valence electrons.